The van der Waals surface area contributed by atoms with Crippen LogP contribution in [0, 0.1) is 0 Å². The molecule has 2 heterocycles. The third-order valence-electron chi connectivity index (χ3n) is 5.88. The van der Waals surface area contributed by atoms with Gasteiger partial charge in [-0.3, -0.25) is 9.10 Å². The van der Waals surface area contributed by atoms with Crippen LogP contribution in [-0.4, -0.2) is 51.1 Å². The maximum atomic E-state index is 12.7. The van der Waals surface area contributed by atoms with Crippen molar-refractivity contribution in [1.82, 2.24) is 4.90 Å². The van der Waals surface area contributed by atoms with Crippen LogP contribution in [0.15, 0.2) is 42.5 Å². The van der Waals surface area contributed by atoms with E-state index in [9.17, 15) is 18.0 Å². The van der Waals surface area contributed by atoms with E-state index in [0.29, 0.717) is 35.6 Å². The molecule has 32 heavy (non-hydrogen) atoms. The minimum Gasteiger partial charge on any atom is -0.325 e. The number of urea groups is 1. The van der Waals surface area contributed by atoms with Gasteiger partial charge in [-0.2, -0.15) is 0 Å². The van der Waals surface area contributed by atoms with E-state index >= 15 is 0 Å². The maximum absolute atomic E-state index is 12.7. The molecular formula is C23H28N4O4S. The highest BCUT2D eigenvalue weighted by Gasteiger charge is 2.26. The molecule has 0 spiro atoms. The summed E-state index contributed by atoms with van der Waals surface area (Å²) in [6, 6.07) is 12.0. The number of nitrogens with one attached hydrogen (secondary N) is 2. The Morgan fingerprint density at radius 3 is 2.09 bits per heavy atom. The molecule has 0 aromatic heterocycles. The Kier molecular flexibility index (Phi) is 6.36. The van der Waals surface area contributed by atoms with Gasteiger partial charge in [0.15, 0.2) is 0 Å². The van der Waals surface area contributed by atoms with Gasteiger partial charge in [-0.05, 0) is 67.3 Å². The molecule has 2 N–H and O–H groups in total. The fraction of sp³-hybridized carbons (Fsp3) is 0.391. The van der Waals surface area contributed by atoms with Gasteiger partial charge in [0.2, 0.25) is 10.0 Å². The molecule has 1 fully saturated rings. The topological polar surface area (TPSA) is 98.8 Å². The first-order chi connectivity index (χ1) is 15.3. The summed E-state index contributed by atoms with van der Waals surface area (Å²) >= 11 is 0. The highest BCUT2D eigenvalue weighted by atomic mass is 32.2. The van der Waals surface area contributed by atoms with Crippen LogP contribution in [-0.2, 0) is 16.4 Å². The zero-order valence-electron chi connectivity index (χ0n) is 18.1. The minimum absolute atomic E-state index is 0.0926. The van der Waals surface area contributed by atoms with Crippen LogP contribution in [0.3, 0.4) is 0 Å². The van der Waals surface area contributed by atoms with Crippen molar-refractivity contribution < 1.29 is 18.0 Å². The van der Waals surface area contributed by atoms with E-state index in [-0.39, 0.29) is 11.9 Å². The molecule has 2 aliphatic rings. The van der Waals surface area contributed by atoms with Crippen LogP contribution >= 0.6 is 0 Å². The van der Waals surface area contributed by atoms with E-state index in [1.165, 1.54) is 23.4 Å². The first kappa shape index (κ1) is 22.1. The zero-order chi connectivity index (χ0) is 22.7. The van der Waals surface area contributed by atoms with Crippen LogP contribution in [0.2, 0.25) is 0 Å². The summed E-state index contributed by atoms with van der Waals surface area (Å²) in [5.41, 5.74) is 3.23. The Labute approximate surface area is 188 Å². The van der Waals surface area contributed by atoms with Gasteiger partial charge in [-0.1, -0.05) is 12.8 Å². The van der Waals surface area contributed by atoms with Crippen LogP contribution in [0.1, 0.15) is 41.6 Å². The lowest BCUT2D eigenvalue weighted by Gasteiger charge is -2.20. The summed E-state index contributed by atoms with van der Waals surface area (Å²) in [5, 5.41) is 5.77. The Morgan fingerprint density at radius 1 is 0.844 bits per heavy atom. The zero-order valence-corrected chi connectivity index (χ0v) is 19.0. The fourth-order valence-corrected chi connectivity index (χ4v) is 5.13. The van der Waals surface area contributed by atoms with E-state index in [1.54, 1.807) is 42.5 Å². The van der Waals surface area contributed by atoms with E-state index in [1.807, 2.05) is 4.90 Å². The summed E-state index contributed by atoms with van der Waals surface area (Å²) in [4.78, 5) is 27.0. The smallest absolute Gasteiger partial charge is 0.321 e. The molecule has 0 atom stereocenters. The van der Waals surface area contributed by atoms with Crippen molar-refractivity contribution in [2.24, 2.45) is 0 Å². The predicted molar refractivity (Wildman–Crippen MR) is 126 cm³/mol. The molecule has 0 saturated carbocycles. The molecule has 8 nitrogen and oxygen atoms in total. The number of fused-ring (bicyclic) bond motifs is 1. The number of nitrogens with zero attached hydrogens (tertiary/aromatic N) is 2. The Hall–Kier alpha value is -3.07. The number of rotatable bonds is 4. The molecule has 3 amide bonds. The second-order valence-electron chi connectivity index (χ2n) is 8.29. The largest absolute Gasteiger partial charge is 0.325 e. The first-order valence-electron chi connectivity index (χ1n) is 10.9. The van der Waals surface area contributed by atoms with E-state index in [0.717, 1.165) is 31.5 Å². The van der Waals surface area contributed by atoms with Gasteiger partial charge in [0.1, 0.15) is 0 Å². The number of carbonyl (C=O) groups is 2. The van der Waals surface area contributed by atoms with Gasteiger partial charge >= 0.3 is 6.03 Å². The number of hydrogen-bond acceptors (Lipinski definition) is 4. The second kappa shape index (κ2) is 9.20. The van der Waals surface area contributed by atoms with Gasteiger partial charge in [0.05, 0.1) is 11.9 Å². The lowest BCUT2D eigenvalue weighted by molar-refractivity contribution is 0.102. The SMILES string of the molecule is CS(=O)(=O)N1CCc2cc(C(=O)Nc3ccc(NC(=O)N4CCCCCC4)cc3)ccc21. The van der Waals surface area contributed by atoms with Gasteiger partial charge in [0.25, 0.3) is 5.91 Å². The van der Waals surface area contributed by atoms with Crippen molar-refractivity contribution in [1.29, 1.82) is 0 Å². The number of amides is 3. The van der Waals surface area contributed by atoms with Crippen molar-refractivity contribution in [2.45, 2.75) is 32.1 Å². The standard InChI is InChI=1S/C23H28N4O4S/c1-32(30,31)27-15-12-17-16-18(6-11-21(17)27)22(28)24-19-7-9-20(10-8-19)25-23(29)26-13-4-2-3-5-14-26/h6-11,16H,2-5,12-15H2,1H3,(H,24,28)(H,25,29). The quantitative estimate of drug-likeness (QED) is 0.733. The third-order valence-corrected chi connectivity index (χ3v) is 7.06. The highest BCUT2D eigenvalue weighted by molar-refractivity contribution is 7.92. The van der Waals surface area contributed by atoms with Crippen molar-refractivity contribution in [3.63, 3.8) is 0 Å². The summed E-state index contributed by atoms with van der Waals surface area (Å²) in [6.45, 7) is 1.95. The molecule has 0 unspecified atom stereocenters. The maximum Gasteiger partial charge on any atom is 0.321 e. The Balaban J connectivity index is 1.37. The number of carbonyl (C=O) groups excluding carboxylic acids is 2. The van der Waals surface area contributed by atoms with Crippen molar-refractivity contribution in [3.8, 4) is 0 Å². The number of sulfonamides is 1. The number of benzene rings is 2. The molecule has 9 heteroatoms. The average molecular weight is 457 g/mol. The van der Waals surface area contributed by atoms with E-state index < -0.39 is 10.0 Å². The van der Waals surface area contributed by atoms with Crippen LogP contribution in [0.4, 0.5) is 21.9 Å². The van der Waals surface area contributed by atoms with Crippen LogP contribution < -0.4 is 14.9 Å². The summed E-state index contributed by atoms with van der Waals surface area (Å²) in [6.07, 6.45) is 6.16. The molecule has 170 valence electrons. The number of likely N-dealkylation sites (tertiary alicyclic amines) is 1. The Morgan fingerprint density at radius 2 is 1.47 bits per heavy atom. The normalized spacial score (nSPS) is 16.3. The molecule has 2 aliphatic heterocycles. The molecule has 4 rings (SSSR count). The van der Waals surface area contributed by atoms with Gasteiger partial charge in [0, 0.05) is 36.6 Å². The lowest BCUT2D eigenvalue weighted by Crippen LogP contribution is -2.35. The second-order valence-corrected chi connectivity index (χ2v) is 10.2. The van der Waals surface area contributed by atoms with Crippen LogP contribution in [0.25, 0.3) is 0 Å². The number of anilines is 3. The van der Waals surface area contributed by atoms with Gasteiger partial charge < -0.3 is 15.5 Å². The summed E-state index contributed by atoms with van der Waals surface area (Å²) in [5.74, 6) is -0.271. The Bertz CT molecular complexity index is 1110. The third kappa shape index (κ3) is 5.04. The summed E-state index contributed by atoms with van der Waals surface area (Å²) < 4.78 is 25.1. The van der Waals surface area contributed by atoms with Gasteiger partial charge in [-0.15, -0.1) is 0 Å². The van der Waals surface area contributed by atoms with E-state index in [4.69, 9.17) is 0 Å². The molecule has 0 aliphatic carbocycles. The molecular weight excluding hydrogens is 428 g/mol. The summed E-state index contributed by atoms with van der Waals surface area (Å²) in [7, 11) is -3.32. The average Bonchev–Trinajstić information content (AvgIpc) is 3.00. The monoisotopic (exact) mass is 456 g/mol. The predicted octanol–water partition coefficient (Wildman–Crippen LogP) is 3.67. The molecule has 0 radical (unpaired) electrons. The minimum atomic E-state index is -3.32. The molecule has 1 saturated heterocycles. The molecule has 2 aromatic carbocycles. The highest BCUT2D eigenvalue weighted by Crippen LogP contribution is 2.31. The van der Waals surface area contributed by atoms with E-state index in [2.05, 4.69) is 10.6 Å². The van der Waals surface area contributed by atoms with Crippen molar-refractivity contribution in [3.05, 3.63) is 53.6 Å². The van der Waals surface area contributed by atoms with Crippen LogP contribution in [0.5, 0.6) is 0 Å². The molecule has 2 aromatic rings. The fourth-order valence-electron chi connectivity index (χ4n) is 4.17. The van der Waals surface area contributed by atoms with Gasteiger partial charge in [-0.25, -0.2) is 13.2 Å². The van der Waals surface area contributed by atoms with Crippen molar-refractivity contribution >= 4 is 39.0 Å². The molecule has 0 bridgehead atoms. The lowest BCUT2D eigenvalue weighted by atomic mass is 10.1. The first-order valence-corrected chi connectivity index (χ1v) is 12.7. The van der Waals surface area contributed by atoms with Crippen molar-refractivity contribution in [2.75, 3.05) is 40.8 Å². The number of hydrogen-bond donors (Lipinski definition) is 2.